The van der Waals surface area contributed by atoms with Gasteiger partial charge in [-0.1, -0.05) is 0 Å². The predicted octanol–water partition coefficient (Wildman–Crippen LogP) is 4.52. The number of nitrogens with zero attached hydrogens (tertiary/aromatic N) is 4. The highest BCUT2D eigenvalue weighted by atomic mass is 19.2. The molecule has 0 radical (unpaired) electrons. The van der Waals surface area contributed by atoms with Gasteiger partial charge in [-0.05, 0) is 49.7 Å². The van der Waals surface area contributed by atoms with E-state index in [1.54, 1.807) is 36.2 Å². The highest BCUT2D eigenvalue weighted by Crippen LogP contribution is 2.37. The lowest BCUT2D eigenvalue weighted by atomic mass is 9.95. The molecule has 4 aromatic rings. The molecule has 1 aliphatic rings. The minimum absolute atomic E-state index is 0.0920. The van der Waals surface area contributed by atoms with Gasteiger partial charge in [-0.15, -0.1) is 0 Å². The number of amides is 1. The van der Waals surface area contributed by atoms with Crippen molar-refractivity contribution in [1.82, 2.24) is 19.7 Å². The molecule has 1 atom stereocenters. The van der Waals surface area contributed by atoms with E-state index in [2.05, 4.69) is 10.1 Å². The van der Waals surface area contributed by atoms with Crippen LogP contribution >= 0.6 is 0 Å². The number of hydrogen-bond donors (Lipinski definition) is 1. The molecule has 1 aliphatic heterocycles. The van der Waals surface area contributed by atoms with Crippen molar-refractivity contribution in [3.8, 4) is 17.1 Å². The van der Waals surface area contributed by atoms with Crippen LogP contribution < -0.4 is 0 Å². The summed E-state index contributed by atoms with van der Waals surface area (Å²) in [6.45, 7) is 2.23. The molecule has 168 valence electrons. The van der Waals surface area contributed by atoms with Gasteiger partial charge >= 0.3 is 0 Å². The van der Waals surface area contributed by atoms with E-state index in [9.17, 15) is 23.1 Å². The number of aryl methyl sites for hydroxylation is 1. The van der Waals surface area contributed by atoms with Crippen molar-refractivity contribution >= 4 is 16.8 Å². The summed E-state index contributed by atoms with van der Waals surface area (Å²) in [6, 6.07) is 9.75. The first-order valence-corrected chi connectivity index (χ1v) is 10.4. The summed E-state index contributed by atoms with van der Waals surface area (Å²) >= 11 is 0. The number of pyridine rings is 1. The molecule has 2 aromatic carbocycles. The molecule has 0 aliphatic carbocycles. The summed E-state index contributed by atoms with van der Waals surface area (Å²) in [5.41, 5.74) is 3.15. The van der Waals surface area contributed by atoms with Crippen molar-refractivity contribution in [3.05, 3.63) is 76.7 Å². The highest BCUT2D eigenvalue weighted by molar-refractivity contribution is 5.98. The van der Waals surface area contributed by atoms with Gasteiger partial charge in [-0.2, -0.15) is 5.10 Å². The molecule has 1 amide bonds. The van der Waals surface area contributed by atoms with Crippen LogP contribution in [0.2, 0.25) is 0 Å². The number of aromatic hydroxyl groups is 1. The number of halogens is 3. The summed E-state index contributed by atoms with van der Waals surface area (Å²) in [7, 11) is 1.65. The topological polar surface area (TPSA) is 71.2 Å². The van der Waals surface area contributed by atoms with Crippen LogP contribution in [-0.2, 0) is 13.5 Å². The maximum Gasteiger partial charge on any atom is 0.254 e. The number of rotatable bonds is 2. The van der Waals surface area contributed by atoms with Gasteiger partial charge in [0, 0.05) is 41.7 Å². The largest absolute Gasteiger partial charge is 0.493 e. The second-order valence-electron chi connectivity index (χ2n) is 8.09. The Labute approximate surface area is 186 Å². The molecule has 6 nitrogen and oxygen atoms in total. The van der Waals surface area contributed by atoms with Crippen LogP contribution in [0, 0.1) is 17.5 Å². The first-order valence-electron chi connectivity index (χ1n) is 10.4. The fourth-order valence-corrected chi connectivity index (χ4v) is 4.49. The first kappa shape index (κ1) is 21.0. The smallest absolute Gasteiger partial charge is 0.254 e. The van der Waals surface area contributed by atoms with Crippen LogP contribution in [0.25, 0.3) is 22.2 Å². The van der Waals surface area contributed by atoms with Crippen LogP contribution in [0.4, 0.5) is 13.2 Å². The Kier molecular flexibility index (Phi) is 4.84. The predicted molar refractivity (Wildman–Crippen MR) is 115 cm³/mol. The molecule has 33 heavy (non-hydrogen) atoms. The SMILES string of the molecule is C[C@H]1c2nn(C)c(-c3cc(F)c(F)c(F)c3)c2CCN1C(=O)c1ccc2nc(O)ccc2c1. The normalized spacial score (nSPS) is 15.7. The second kappa shape index (κ2) is 7.61. The molecule has 0 saturated heterocycles. The average molecular weight is 452 g/mol. The third kappa shape index (κ3) is 3.40. The van der Waals surface area contributed by atoms with Gasteiger partial charge in [-0.25, -0.2) is 18.2 Å². The summed E-state index contributed by atoms with van der Waals surface area (Å²) in [5, 5.41) is 14.8. The van der Waals surface area contributed by atoms with Crippen molar-refractivity contribution in [1.29, 1.82) is 0 Å². The average Bonchev–Trinajstić information content (AvgIpc) is 3.13. The van der Waals surface area contributed by atoms with E-state index in [0.717, 1.165) is 23.1 Å². The molecule has 3 heterocycles. The minimum atomic E-state index is -1.51. The molecule has 1 N–H and O–H groups in total. The van der Waals surface area contributed by atoms with Crippen molar-refractivity contribution in [2.24, 2.45) is 7.05 Å². The third-order valence-electron chi connectivity index (χ3n) is 6.08. The summed E-state index contributed by atoms with van der Waals surface area (Å²) in [6.07, 6.45) is 0.429. The molecule has 2 aromatic heterocycles. The number of aromatic nitrogens is 3. The van der Waals surface area contributed by atoms with Crippen LogP contribution in [0.5, 0.6) is 5.88 Å². The maximum absolute atomic E-state index is 13.8. The Bertz CT molecular complexity index is 1410. The van der Waals surface area contributed by atoms with Crippen molar-refractivity contribution < 1.29 is 23.1 Å². The van der Waals surface area contributed by atoms with Crippen molar-refractivity contribution in [3.63, 3.8) is 0 Å². The Hall–Kier alpha value is -3.88. The Morgan fingerprint density at radius 3 is 2.55 bits per heavy atom. The van der Waals surface area contributed by atoms with E-state index in [4.69, 9.17) is 0 Å². The summed E-state index contributed by atoms with van der Waals surface area (Å²) in [5.74, 6) is -4.32. The lowest BCUT2D eigenvalue weighted by Gasteiger charge is -2.33. The number of benzene rings is 2. The zero-order valence-corrected chi connectivity index (χ0v) is 17.8. The van der Waals surface area contributed by atoms with Gasteiger partial charge in [0.2, 0.25) is 5.88 Å². The second-order valence-corrected chi connectivity index (χ2v) is 8.09. The Balaban J connectivity index is 1.50. The number of carbonyl (C=O) groups excluding carboxylic acids is 1. The van der Waals surface area contributed by atoms with Gasteiger partial charge < -0.3 is 10.0 Å². The maximum atomic E-state index is 13.8. The first-order chi connectivity index (χ1) is 15.7. The Morgan fingerprint density at radius 2 is 1.82 bits per heavy atom. The van der Waals surface area contributed by atoms with E-state index in [0.29, 0.717) is 35.4 Å². The zero-order valence-electron chi connectivity index (χ0n) is 17.8. The molecule has 5 rings (SSSR count). The molecule has 9 heteroatoms. The van der Waals surface area contributed by atoms with E-state index >= 15 is 0 Å². The molecule has 0 spiro atoms. The van der Waals surface area contributed by atoms with Gasteiger partial charge in [0.15, 0.2) is 17.5 Å². The zero-order chi connectivity index (χ0) is 23.4. The Morgan fingerprint density at radius 1 is 1.09 bits per heavy atom. The minimum Gasteiger partial charge on any atom is -0.493 e. The lowest BCUT2D eigenvalue weighted by molar-refractivity contribution is 0.0674. The van der Waals surface area contributed by atoms with Crippen LogP contribution in [0.1, 0.15) is 34.6 Å². The highest BCUT2D eigenvalue weighted by Gasteiger charge is 2.33. The number of carbonyl (C=O) groups is 1. The number of fused-ring (bicyclic) bond motifs is 2. The standard InChI is InChI=1S/C24H19F3N4O2/c1-12-22-16(23(30(2)29-22)15-10-17(25)21(27)18(26)11-15)7-8-31(12)24(33)14-3-5-19-13(9-14)4-6-20(32)28-19/h3-6,9-12H,7-8H2,1-2H3,(H,28,32)/t12-/m0/s1. The molecular formula is C24H19F3N4O2. The van der Waals surface area contributed by atoms with Gasteiger partial charge in [0.25, 0.3) is 5.91 Å². The lowest BCUT2D eigenvalue weighted by Crippen LogP contribution is -2.38. The summed E-state index contributed by atoms with van der Waals surface area (Å²) in [4.78, 5) is 19.0. The van der Waals surface area contributed by atoms with E-state index in [-0.39, 0.29) is 23.4 Å². The van der Waals surface area contributed by atoms with Gasteiger partial charge in [0.05, 0.1) is 22.9 Å². The monoisotopic (exact) mass is 452 g/mol. The molecule has 0 bridgehead atoms. The van der Waals surface area contributed by atoms with Gasteiger partial charge in [0.1, 0.15) is 0 Å². The van der Waals surface area contributed by atoms with Crippen LogP contribution in [0.15, 0.2) is 42.5 Å². The fourth-order valence-electron chi connectivity index (χ4n) is 4.49. The molecule has 0 unspecified atom stereocenters. The number of hydrogen-bond acceptors (Lipinski definition) is 4. The van der Waals surface area contributed by atoms with E-state index in [1.165, 1.54) is 10.7 Å². The van der Waals surface area contributed by atoms with Crippen molar-refractivity contribution in [2.75, 3.05) is 6.54 Å². The van der Waals surface area contributed by atoms with Gasteiger partial charge in [-0.3, -0.25) is 9.48 Å². The third-order valence-corrected chi connectivity index (χ3v) is 6.08. The van der Waals surface area contributed by atoms with E-state index in [1.807, 2.05) is 6.92 Å². The van der Waals surface area contributed by atoms with Crippen LogP contribution in [-0.4, -0.2) is 37.2 Å². The van der Waals surface area contributed by atoms with E-state index < -0.39 is 17.5 Å². The fraction of sp³-hybridized carbons (Fsp3) is 0.208. The summed E-state index contributed by atoms with van der Waals surface area (Å²) < 4.78 is 42.6. The molecule has 0 fully saturated rings. The van der Waals surface area contributed by atoms with Crippen LogP contribution in [0.3, 0.4) is 0 Å². The molecule has 0 saturated carbocycles. The quantitative estimate of drug-likeness (QED) is 0.454. The van der Waals surface area contributed by atoms with Crippen molar-refractivity contribution in [2.45, 2.75) is 19.4 Å². The molecular weight excluding hydrogens is 433 g/mol.